The number of fused-ring (bicyclic) bond motifs is 1. The normalized spacial score (nSPS) is 18.1. The van der Waals surface area contributed by atoms with Gasteiger partial charge in [0, 0.05) is 39.1 Å². The van der Waals surface area contributed by atoms with Crippen LogP contribution in [-0.4, -0.2) is 79.4 Å². The molecule has 1 aliphatic rings. The molecular formula is C33H43FN8O3. The number of amides is 3. The Morgan fingerprint density at radius 1 is 1.02 bits per heavy atom. The van der Waals surface area contributed by atoms with Crippen LogP contribution < -0.4 is 33.2 Å². The zero-order valence-electron chi connectivity index (χ0n) is 25.5. The van der Waals surface area contributed by atoms with Crippen molar-refractivity contribution in [2.24, 2.45) is 22.2 Å². The van der Waals surface area contributed by atoms with Gasteiger partial charge in [0.15, 0.2) is 5.96 Å². The highest BCUT2D eigenvalue weighted by molar-refractivity contribution is 5.90. The van der Waals surface area contributed by atoms with E-state index in [2.05, 4.69) is 20.9 Å². The van der Waals surface area contributed by atoms with E-state index in [0.29, 0.717) is 38.8 Å². The molecule has 9 N–H and O–H groups in total. The van der Waals surface area contributed by atoms with Gasteiger partial charge >= 0.3 is 0 Å². The van der Waals surface area contributed by atoms with Gasteiger partial charge in [-0.2, -0.15) is 0 Å². The Kier molecular flexibility index (Phi) is 11.8. The predicted octanol–water partition coefficient (Wildman–Crippen LogP) is 0.935. The summed E-state index contributed by atoms with van der Waals surface area (Å²) in [5, 5.41) is 11.2. The van der Waals surface area contributed by atoms with Crippen molar-refractivity contribution in [2.75, 3.05) is 26.7 Å². The summed E-state index contributed by atoms with van der Waals surface area (Å²) in [6, 6.07) is 17.5. The summed E-state index contributed by atoms with van der Waals surface area (Å²) in [4.78, 5) is 45.8. The van der Waals surface area contributed by atoms with E-state index in [1.54, 1.807) is 24.1 Å². The van der Waals surface area contributed by atoms with Gasteiger partial charge in [-0.25, -0.2) is 4.39 Å². The van der Waals surface area contributed by atoms with Crippen LogP contribution >= 0.6 is 0 Å². The maximum atomic E-state index is 14.0. The number of carbonyl (C=O) groups is 3. The topological polar surface area (TPSA) is 181 Å². The van der Waals surface area contributed by atoms with E-state index in [0.717, 1.165) is 21.9 Å². The third kappa shape index (κ3) is 9.47. The number of nitrogens with one attached hydrogen (secondary N) is 3. The molecule has 1 saturated heterocycles. The van der Waals surface area contributed by atoms with Crippen molar-refractivity contribution < 1.29 is 18.8 Å². The lowest BCUT2D eigenvalue weighted by Gasteiger charge is -2.31. The minimum absolute atomic E-state index is 0.0237. The molecule has 240 valence electrons. The molecule has 1 heterocycles. The Morgan fingerprint density at radius 2 is 1.73 bits per heavy atom. The molecule has 3 aromatic carbocycles. The molecule has 3 amide bonds. The van der Waals surface area contributed by atoms with Gasteiger partial charge in [-0.05, 0) is 59.7 Å². The second kappa shape index (κ2) is 16.0. The highest BCUT2D eigenvalue weighted by Gasteiger charge is 2.37. The van der Waals surface area contributed by atoms with E-state index in [9.17, 15) is 18.8 Å². The first kappa shape index (κ1) is 33.3. The summed E-state index contributed by atoms with van der Waals surface area (Å²) >= 11 is 0. The van der Waals surface area contributed by atoms with Crippen molar-refractivity contribution in [3.05, 3.63) is 83.7 Å². The van der Waals surface area contributed by atoms with Crippen LogP contribution in [0.15, 0.2) is 71.7 Å². The zero-order valence-corrected chi connectivity index (χ0v) is 25.5. The van der Waals surface area contributed by atoms with Gasteiger partial charge in [0.1, 0.15) is 11.9 Å². The molecule has 0 spiro atoms. The molecule has 0 aromatic heterocycles. The number of nitrogens with zero attached hydrogens (tertiary/aromatic N) is 2. The summed E-state index contributed by atoms with van der Waals surface area (Å²) in [6.07, 6.45) is 2.06. The van der Waals surface area contributed by atoms with Gasteiger partial charge in [-0.3, -0.25) is 19.4 Å². The average molecular weight is 619 g/mol. The van der Waals surface area contributed by atoms with Crippen LogP contribution in [0.5, 0.6) is 0 Å². The molecule has 11 nitrogen and oxygen atoms in total. The van der Waals surface area contributed by atoms with E-state index in [1.807, 2.05) is 42.5 Å². The molecule has 45 heavy (non-hydrogen) atoms. The Morgan fingerprint density at radius 3 is 2.44 bits per heavy atom. The zero-order chi connectivity index (χ0) is 32.3. The number of guanidine groups is 1. The maximum Gasteiger partial charge on any atom is 0.242 e. The fraction of sp³-hybridized carbons (Fsp3) is 0.394. The van der Waals surface area contributed by atoms with E-state index in [-0.39, 0.29) is 48.5 Å². The minimum atomic E-state index is -0.825. The molecule has 0 bridgehead atoms. The molecule has 1 aliphatic heterocycles. The lowest BCUT2D eigenvalue weighted by molar-refractivity contribution is -0.141. The second-order valence-corrected chi connectivity index (χ2v) is 11.4. The monoisotopic (exact) mass is 618 g/mol. The Balaban J connectivity index is 1.48. The van der Waals surface area contributed by atoms with Gasteiger partial charge in [-0.15, -0.1) is 0 Å². The molecule has 12 heteroatoms. The molecule has 4 unspecified atom stereocenters. The van der Waals surface area contributed by atoms with Crippen molar-refractivity contribution in [1.82, 2.24) is 20.9 Å². The molecule has 1 fully saturated rings. The number of likely N-dealkylation sites (N-methyl/N-ethyl adjacent to an activating group) is 1. The summed E-state index contributed by atoms with van der Waals surface area (Å²) < 4.78 is 13.3. The number of hydrogen-bond acceptors (Lipinski definition) is 6. The molecule has 0 radical (unpaired) electrons. The summed E-state index contributed by atoms with van der Waals surface area (Å²) in [7, 11) is 1.57. The lowest BCUT2D eigenvalue weighted by Crippen LogP contribution is -2.54. The molecule has 0 saturated carbocycles. The van der Waals surface area contributed by atoms with E-state index in [1.165, 1.54) is 12.1 Å². The van der Waals surface area contributed by atoms with Crippen LogP contribution in [0.4, 0.5) is 4.39 Å². The predicted molar refractivity (Wildman–Crippen MR) is 174 cm³/mol. The molecule has 0 aliphatic carbocycles. The van der Waals surface area contributed by atoms with Gasteiger partial charge < -0.3 is 38.1 Å². The highest BCUT2D eigenvalue weighted by Crippen LogP contribution is 2.21. The first-order chi connectivity index (χ1) is 21.6. The summed E-state index contributed by atoms with van der Waals surface area (Å²) in [5.74, 6) is -1.18. The largest absolute Gasteiger partial charge is 0.370 e. The third-order valence-corrected chi connectivity index (χ3v) is 8.08. The van der Waals surface area contributed by atoms with Crippen molar-refractivity contribution in [2.45, 2.75) is 56.3 Å². The van der Waals surface area contributed by atoms with Crippen molar-refractivity contribution in [3.63, 3.8) is 0 Å². The third-order valence-electron chi connectivity index (χ3n) is 8.08. The fourth-order valence-electron chi connectivity index (χ4n) is 5.65. The molecular weight excluding hydrogens is 575 g/mol. The fourth-order valence-corrected chi connectivity index (χ4v) is 5.65. The minimum Gasteiger partial charge on any atom is -0.370 e. The van der Waals surface area contributed by atoms with Gasteiger partial charge in [-0.1, -0.05) is 54.6 Å². The second-order valence-electron chi connectivity index (χ2n) is 11.4. The van der Waals surface area contributed by atoms with Crippen molar-refractivity contribution in [3.8, 4) is 0 Å². The van der Waals surface area contributed by atoms with Crippen LogP contribution in [0.3, 0.4) is 0 Å². The number of hydrogen-bond donors (Lipinski definition) is 6. The molecule has 3 aromatic rings. The number of carbonyl (C=O) groups excluding carboxylic acids is 3. The summed E-state index contributed by atoms with van der Waals surface area (Å²) in [6.45, 7) is 0.893. The number of halogens is 1. The van der Waals surface area contributed by atoms with E-state index >= 15 is 0 Å². The summed E-state index contributed by atoms with van der Waals surface area (Å²) in [5.41, 5.74) is 18.8. The van der Waals surface area contributed by atoms with Crippen molar-refractivity contribution >= 4 is 34.5 Å². The highest BCUT2D eigenvalue weighted by atomic mass is 19.1. The van der Waals surface area contributed by atoms with Crippen molar-refractivity contribution in [1.29, 1.82) is 0 Å². The average Bonchev–Trinajstić information content (AvgIpc) is 3.19. The molecule has 4 rings (SSSR count). The number of rotatable bonds is 13. The number of aliphatic imine (C=N–C) groups is 1. The quantitative estimate of drug-likeness (QED) is 0.0936. The number of benzene rings is 3. The number of nitrogens with two attached hydrogens (primary N) is 3. The van der Waals surface area contributed by atoms with Gasteiger partial charge in [0.05, 0.1) is 12.1 Å². The first-order valence-electron chi connectivity index (χ1n) is 15.2. The SMILES string of the molecule is CNC(=O)C(Cc1ccc2ccccc2c1)N1CCC(CNC(=O)C(N)Cc2ccc(F)cc2)NC(CCCN=C(N)N)C1=O. The smallest absolute Gasteiger partial charge is 0.242 e. The maximum absolute atomic E-state index is 14.0. The van der Waals surface area contributed by atoms with Crippen LogP contribution in [0.25, 0.3) is 10.8 Å². The lowest BCUT2D eigenvalue weighted by atomic mass is 9.99. The molecule has 4 atom stereocenters. The first-order valence-corrected chi connectivity index (χ1v) is 15.2. The standard InChI is InChI=1S/C33H43FN8O3/c1-38-31(44)29(19-22-8-11-23-5-2-3-6-24(23)17-22)42-16-14-26(41-28(32(42)45)7-4-15-39-33(36)37)20-40-30(43)27(35)18-21-9-12-25(34)13-10-21/h2-3,5-6,8-13,17,26-29,41H,4,7,14-16,18-20,35H2,1H3,(H,38,44)(H,40,43)(H4,36,37,39). The Labute approximate surface area is 262 Å². The Hall–Kier alpha value is -4.55. The van der Waals surface area contributed by atoms with Gasteiger partial charge in [0.2, 0.25) is 17.7 Å². The van der Waals surface area contributed by atoms with Crippen LogP contribution in [0.1, 0.15) is 30.4 Å². The van der Waals surface area contributed by atoms with E-state index in [4.69, 9.17) is 17.2 Å². The van der Waals surface area contributed by atoms with Gasteiger partial charge in [0.25, 0.3) is 0 Å². The van der Waals surface area contributed by atoms with E-state index < -0.39 is 18.1 Å². The van der Waals surface area contributed by atoms with Crippen LogP contribution in [0.2, 0.25) is 0 Å². The Bertz CT molecular complexity index is 1490. The van der Waals surface area contributed by atoms with Crippen LogP contribution in [0, 0.1) is 5.82 Å². The van der Waals surface area contributed by atoms with Crippen LogP contribution in [-0.2, 0) is 27.2 Å².